The molecule has 0 saturated carbocycles. The van der Waals surface area contributed by atoms with Crippen LogP contribution in [-0.2, 0) is 0 Å². The van der Waals surface area contributed by atoms with E-state index in [4.69, 9.17) is 14.2 Å². The maximum Gasteiger partial charge on any atom is 0.314 e. The third-order valence-electron chi connectivity index (χ3n) is 3.66. The van der Waals surface area contributed by atoms with Crippen LogP contribution in [0.1, 0.15) is 17.5 Å². The molecule has 0 N–H and O–H groups in total. The van der Waals surface area contributed by atoms with Crippen molar-refractivity contribution in [3.63, 3.8) is 0 Å². The Morgan fingerprint density at radius 1 is 0.958 bits per heavy atom. The van der Waals surface area contributed by atoms with Gasteiger partial charge in [0.1, 0.15) is 11.5 Å². The van der Waals surface area contributed by atoms with Crippen molar-refractivity contribution in [1.29, 1.82) is 0 Å². The van der Waals surface area contributed by atoms with Crippen LogP contribution in [0.25, 0.3) is 0 Å². The van der Waals surface area contributed by atoms with E-state index < -0.39 is 4.92 Å². The van der Waals surface area contributed by atoms with Crippen molar-refractivity contribution in [3.05, 3.63) is 57.6 Å². The summed E-state index contributed by atoms with van der Waals surface area (Å²) in [4.78, 5) is 10.6. The molecule has 2 rings (SSSR count). The van der Waals surface area contributed by atoms with Crippen molar-refractivity contribution in [2.24, 2.45) is 0 Å². The number of ether oxygens (including phenoxy) is 3. The molecule has 0 spiro atoms. The smallest absolute Gasteiger partial charge is 0.314 e. The Labute approximate surface area is 141 Å². The molecule has 2 aromatic rings. The zero-order valence-corrected chi connectivity index (χ0v) is 14.1. The van der Waals surface area contributed by atoms with Crippen molar-refractivity contribution < 1.29 is 19.1 Å². The summed E-state index contributed by atoms with van der Waals surface area (Å²) in [6, 6.07) is 10.5. The van der Waals surface area contributed by atoms with Crippen molar-refractivity contribution in [2.45, 2.75) is 20.3 Å². The summed E-state index contributed by atoms with van der Waals surface area (Å²) < 4.78 is 16.2. The molecule has 0 aliphatic heterocycles. The number of nitro groups is 1. The van der Waals surface area contributed by atoms with Gasteiger partial charge in [-0.25, -0.2) is 0 Å². The van der Waals surface area contributed by atoms with Crippen LogP contribution in [0.15, 0.2) is 36.4 Å². The van der Waals surface area contributed by atoms with E-state index in [2.05, 4.69) is 6.92 Å². The van der Waals surface area contributed by atoms with Crippen molar-refractivity contribution in [1.82, 2.24) is 0 Å². The molecule has 24 heavy (non-hydrogen) atoms. The first-order chi connectivity index (χ1) is 11.5. The van der Waals surface area contributed by atoms with Gasteiger partial charge in [-0.15, -0.1) is 0 Å². The molecule has 0 bridgehead atoms. The van der Waals surface area contributed by atoms with Crippen molar-refractivity contribution in [3.8, 4) is 17.2 Å². The number of hydrogen-bond acceptors (Lipinski definition) is 5. The Morgan fingerprint density at radius 3 is 2.33 bits per heavy atom. The highest BCUT2D eigenvalue weighted by Gasteiger charge is 2.16. The van der Waals surface area contributed by atoms with E-state index in [1.807, 2.05) is 25.1 Å². The van der Waals surface area contributed by atoms with Crippen LogP contribution in [0, 0.1) is 24.0 Å². The summed E-state index contributed by atoms with van der Waals surface area (Å²) in [5.41, 5.74) is 2.29. The minimum Gasteiger partial charge on any atom is -0.496 e. The lowest BCUT2D eigenvalue weighted by Gasteiger charge is -2.10. The molecule has 0 fully saturated rings. The van der Waals surface area contributed by atoms with Gasteiger partial charge in [0.05, 0.1) is 31.3 Å². The number of hydrogen-bond donors (Lipinski definition) is 0. The number of benzene rings is 2. The number of rotatable bonds is 8. The van der Waals surface area contributed by atoms with E-state index >= 15 is 0 Å². The van der Waals surface area contributed by atoms with Crippen LogP contribution >= 0.6 is 0 Å². The average Bonchev–Trinajstić information content (AvgIpc) is 2.57. The van der Waals surface area contributed by atoms with Crippen LogP contribution in [0.5, 0.6) is 17.2 Å². The summed E-state index contributed by atoms with van der Waals surface area (Å²) >= 11 is 0. The second kappa shape index (κ2) is 8.19. The molecule has 0 radical (unpaired) electrons. The van der Waals surface area contributed by atoms with E-state index in [0.717, 1.165) is 5.75 Å². The molecule has 0 aromatic heterocycles. The topological polar surface area (TPSA) is 70.8 Å². The van der Waals surface area contributed by atoms with Gasteiger partial charge in [-0.05, 0) is 49.2 Å². The lowest BCUT2D eigenvalue weighted by Crippen LogP contribution is -2.06. The monoisotopic (exact) mass is 331 g/mol. The standard InChI is InChI=1S/C18H21NO5/c1-13-5-6-16(11-14(13)2)23-9-4-10-24-18-8-7-15(22-3)12-17(18)19(20)21/h5-8,11-12H,4,9-10H2,1-3H3. The molecule has 0 aliphatic carbocycles. The van der Waals surface area contributed by atoms with Crippen LogP contribution in [0.2, 0.25) is 0 Å². The highest BCUT2D eigenvalue weighted by molar-refractivity contribution is 5.50. The molecular formula is C18H21NO5. The quantitative estimate of drug-likeness (QED) is 0.414. The van der Waals surface area contributed by atoms with Gasteiger partial charge in [-0.1, -0.05) is 6.07 Å². The molecule has 0 saturated heterocycles. The summed E-state index contributed by atoms with van der Waals surface area (Å²) in [5.74, 6) is 1.47. The minimum absolute atomic E-state index is 0.107. The van der Waals surface area contributed by atoms with Gasteiger partial charge in [0.25, 0.3) is 0 Å². The van der Waals surface area contributed by atoms with Gasteiger partial charge in [-0.3, -0.25) is 10.1 Å². The summed E-state index contributed by atoms with van der Waals surface area (Å²) in [6.45, 7) is 4.90. The van der Waals surface area contributed by atoms with Gasteiger partial charge in [-0.2, -0.15) is 0 Å². The zero-order chi connectivity index (χ0) is 17.5. The van der Waals surface area contributed by atoms with Crippen LogP contribution in [-0.4, -0.2) is 25.2 Å². The second-order valence-electron chi connectivity index (χ2n) is 5.39. The molecule has 128 valence electrons. The zero-order valence-electron chi connectivity index (χ0n) is 14.1. The van der Waals surface area contributed by atoms with Gasteiger partial charge in [0, 0.05) is 6.42 Å². The first-order valence-corrected chi connectivity index (χ1v) is 7.66. The molecule has 0 aliphatic rings. The Balaban J connectivity index is 1.84. The molecule has 6 nitrogen and oxygen atoms in total. The van der Waals surface area contributed by atoms with Crippen molar-refractivity contribution >= 4 is 5.69 Å². The van der Waals surface area contributed by atoms with E-state index in [9.17, 15) is 10.1 Å². The van der Waals surface area contributed by atoms with E-state index in [0.29, 0.717) is 25.4 Å². The fourth-order valence-corrected chi connectivity index (χ4v) is 2.12. The lowest BCUT2D eigenvalue weighted by molar-refractivity contribution is -0.385. The largest absolute Gasteiger partial charge is 0.496 e. The van der Waals surface area contributed by atoms with Crippen LogP contribution in [0.4, 0.5) is 5.69 Å². The summed E-state index contributed by atoms with van der Waals surface area (Å²) in [6.07, 6.45) is 0.621. The second-order valence-corrected chi connectivity index (χ2v) is 5.39. The normalized spacial score (nSPS) is 10.3. The summed E-state index contributed by atoms with van der Waals surface area (Å²) in [7, 11) is 1.46. The molecule has 0 heterocycles. The molecule has 6 heteroatoms. The van der Waals surface area contributed by atoms with E-state index in [1.54, 1.807) is 12.1 Å². The number of methoxy groups -OCH3 is 1. The Hall–Kier alpha value is -2.76. The van der Waals surface area contributed by atoms with Crippen molar-refractivity contribution in [2.75, 3.05) is 20.3 Å². The van der Waals surface area contributed by atoms with Crippen LogP contribution in [0.3, 0.4) is 0 Å². The van der Waals surface area contributed by atoms with Gasteiger partial charge in [0.2, 0.25) is 0 Å². The number of aryl methyl sites for hydroxylation is 2. The fraction of sp³-hybridized carbons (Fsp3) is 0.333. The maximum atomic E-state index is 11.1. The van der Waals surface area contributed by atoms with E-state index in [-0.39, 0.29) is 11.4 Å². The number of nitro benzene ring substituents is 1. The molecule has 0 unspecified atom stereocenters. The predicted octanol–water partition coefficient (Wildman–Crippen LogP) is 4.07. The van der Waals surface area contributed by atoms with E-state index in [1.165, 1.54) is 24.3 Å². The molecule has 0 amide bonds. The predicted molar refractivity (Wildman–Crippen MR) is 91.2 cm³/mol. The molecule has 0 atom stereocenters. The first kappa shape index (κ1) is 17.6. The number of nitrogens with zero attached hydrogens (tertiary/aromatic N) is 1. The average molecular weight is 331 g/mol. The molecular weight excluding hydrogens is 310 g/mol. The van der Waals surface area contributed by atoms with Gasteiger partial charge >= 0.3 is 5.69 Å². The van der Waals surface area contributed by atoms with Gasteiger partial charge in [0.15, 0.2) is 5.75 Å². The first-order valence-electron chi connectivity index (χ1n) is 7.66. The fourth-order valence-electron chi connectivity index (χ4n) is 2.12. The van der Waals surface area contributed by atoms with Gasteiger partial charge < -0.3 is 14.2 Å². The maximum absolute atomic E-state index is 11.1. The minimum atomic E-state index is -0.483. The summed E-state index contributed by atoms with van der Waals surface area (Å²) in [5, 5.41) is 11.1. The third kappa shape index (κ3) is 4.62. The highest BCUT2D eigenvalue weighted by Crippen LogP contribution is 2.31. The molecule has 2 aromatic carbocycles. The Morgan fingerprint density at radius 2 is 1.67 bits per heavy atom. The Bertz CT molecular complexity index is 715. The lowest BCUT2D eigenvalue weighted by atomic mass is 10.1. The highest BCUT2D eigenvalue weighted by atomic mass is 16.6. The Kier molecular flexibility index (Phi) is 6.01. The SMILES string of the molecule is COc1ccc(OCCCOc2ccc(C)c(C)c2)c([N+](=O)[O-])c1. The third-order valence-corrected chi connectivity index (χ3v) is 3.66. The van der Waals surface area contributed by atoms with Crippen LogP contribution < -0.4 is 14.2 Å².